The summed E-state index contributed by atoms with van der Waals surface area (Å²) >= 11 is 0. The summed E-state index contributed by atoms with van der Waals surface area (Å²) in [6.45, 7) is 0.300. The molecular formula is C23H25NO3. The van der Waals surface area contributed by atoms with E-state index in [0.29, 0.717) is 12.4 Å². The molecule has 0 atom stereocenters. The Hall–Kier alpha value is -2.75. The highest BCUT2D eigenvalue weighted by atomic mass is 16.5. The molecule has 4 heteroatoms. The van der Waals surface area contributed by atoms with Crippen LogP contribution in [0.2, 0.25) is 0 Å². The zero-order chi connectivity index (χ0) is 18.5. The van der Waals surface area contributed by atoms with Crippen molar-refractivity contribution in [3.63, 3.8) is 0 Å². The van der Waals surface area contributed by atoms with Gasteiger partial charge in [0.25, 0.3) is 5.91 Å². The molecule has 3 aromatic rings. The highest BCUT2D eigenvalue weighted by Crippen LogP contribution is 2.28. The first-order chi connectivity index (χ1) is 13.3. The van der Waals surface area contributed by atoms with E-state index in [1.807, 2.05) is 54.6 Å². The van der Waals surface area contributed by atoms with Crippen molar-refractivity contribution in [1.29, 1.82) is 0 Å². The fourth-order valence-electron chi connectivity index (χ4n) is 3.77. The average Bonchev–Trinajstić information content (AvgIpc) is 2.88. The molecule has 4 nitrogen and oxygen atoms in total. The van der Waals surface area contributed by atoms with Gasteiger partial charge in [0.1, 0.15) is 17.9 Å². The van der Waals surface area contributed by atoms with E-state index < -0.39 is 0 Å². The molecule has 1 aromatic heterocycles. The molecule has 0 spiro atoms. The highest BCUT2D eigenvalue weighted by Gasteiger charge is 2.23. The Morgan fingerprint density at radius 3 is 2.44 bits per heavy atom. The average molecular weight is 363 g/mol. The van der Waals surface area contributed by atoms with Crippen LogP contribution in [0.5, 0.6) is 5.75 Å². The van der Waals surface area contributed by atoms with E-state index in [1.165, 1.54) is 25.7 Å². The third-order valence-corrected chi connectivity index (χ3v) is 5.22. The summed E-state index contributed by atoms with van der Waals surface area (Å²) in [6, 6.07) is 17.6. The predicted octanol–water partition coefficient (Wildman–Crippen LogP) is 5.46. The molecule has 0 unspecified atom stereocenters. The van der Waals surface area contributed by atoms with Crippen LogP contribution in [0.1, 0.15) is 54.6 Å². The Kier molecular flexibility index (Phi) is 5.42. The predicted molar refractivity (Wildman–Crippen MR) is 106 cm³/mol. The largest absolute Gasteiger partial charge is 0.489 e. The van der Waals surface area contributed by atoms with Crippen molar-refractivity contribution in [3.8, 4) is 5.75 Å². The van der Waals surface area contributed by atoms with E-state index in [4.69, 9.17) is 9.15 Å². The van der Waals surface area contributed by atoms with Crippen molar-refractivity contribution in [1.82, 2.24) is 5.32 Å². The van der Waals surface area contributed by atoms with Crippen molar-refractivity contribution in [2.75, 3.05) is 0 Å². The normalized spacial score (nSPS) is 15.4. The molecule has 0 radical (unpaired) electrons. The minimum absolute atomic E-state index is 0.134. The zero-order valence-electron chi connectivity index (χ0n) is 15.4. The van der Waals surface area contributed by atoms with Crippen LogP contribution in [0.3, 0.4) is 0 Å². The zero-order valence-corrected chi connectivity index (χ0v) is 15.4. The monoisotopic (exact) mass is 363 g/mol. The van der Waals surface area contributed by atoms with Crippen LogP contribution in [0.15, 0.2) is 59.0 Å². The Bertz CT molecular complexity index is 892. The molecule has 0 aliphatic heterocycles. The number of carbonyl (C=O) groups is 1. The van der Waals surface area contributed by atoms with Gasteiger partial charge in [-0.25, -0.2) is 0 Å². The summed E-state index contributed by atoms with van der Waals surface area (Å²) in [6.07, 6.45) is 6.95. The van der Waals surface area contributed by atoms with Crippen LogP contribution in [0.25, 0.3) is 11.0 Å². The van der Waals surface area contributed by atoms with Crippen LogP contribution < -0.4 is 10.1 Å². The lowest BCUT2D eigenvalue weighted by molar-refractivity contribution is 0.0904. The standard InChI is InChI=1S/C23H25NO3/c25-23(24-17-10-4-1-2-5-11-17)22-20(16-26-18-12-6-3-7-13-18)19-14-8-9-15-21(19)27-22/h3,6-9,12-15,17H,1-2,4-5,10-11,16H2,(H,24,25). The van der Waals surface area contributed by atoms with Gasteiger partial charge in [-0.15, -0.1) is 0 Å². The second-order valence-electron chi connectivity index (χ2n) is 7.17. The van der Waals surface area contributed by atoms with E-state index in [0.717, 1.165) is 35.1 Å². The summed E-state index contributed by atoms with van der Waals surface area (Å²) in [5, 5.41) is 4.12. The SMILES string of the molecule is O=C(NC1CCCCCC1)c1oc2ccccc2c1COc1ccccc1. The number of hydrogen-bond acceptors (Lipinski definition) is 3. The number of nitrogens with one attached hydrogen (secondary N) is 1. The first-order valence-electron chi connectivity index (χ1n) is 9.80. The first kappa shape index (κ1) is 17.7. The number of amides is 1. The maximum atomic E-state index is 13.0. The third-order valence-electron chi connectivity index (χ3n) is 5.22. The number of ether oxygens (including phenoxy) is 1. The number of hydrogen-bond donors (Lipinski definition) is 1. The number of fused-ring (bicyclic) bond motifs is 1. The van der Waals surface area contributed by atoms with Crippen molar-refractivity contribution in [2.45, 2.75) is 51.2 Å². The Balaban J connectivity index is 1.58. The Morgan fingerprint density at radius 2 is 1.67 bits per heavy atom. The van der Waals surface area contributed by atoms with E-state index in [9.17, 15) is 4.79 Å². The first-order valence-corrected chi connectivity index (χ1v) is 9.80. The summed E-state index contributed by atoms with van der Waals surface area (Å²) in [5.74, 6) is 1.01. The highest BCUT2D eigenvalue weighted by molar-refractivity contribution is 5.99. The molecule has 0 saturated heterocycles. The maximum absolute atomic E-state index is 13.0. The summed E-state index contributed by atoms with van der Waals surface area (Å²) in [7, 11) is 0. The van der Waals surface area contributed by atoms with Gasteiger partial charge in [-0.2, -0.15) is 0 Å². The molecule has 1 saturated carbocycles. The molecule has 1 heterocycles. The van der Waals surface area contributed by atoms with Crippen molar-refractivity contribution in [2.24, 2.45) is 0 Å². The van der Waals surface area contributed by atoms with Gasteiger partial charge in [-0.05, 0) is 31.0 Å². The van der Waals surface area contributed by atoms with Gasteiger partial charge in [0, 0.05) is 17.0 Å². The van der Waals surface area contributed by atoms with Crippen LogP contribution >= 0.6 is 0 Å². The lowest BCUT2D eigenvalue weighted by Crippen LogP contribution is -2.34. The van der Waals surface area contributed by atoms with Crippen LogP contribution in [0, 0.1) is 0 Å². The number of para-hydroxylation sites is 2. The molecule has 1 aliphatic carbocycles. The minimum atomic E-state index is -0.134. The molecule has 2 aromatic carbocycles. The molecule has 27 heavy (non-hydrogen) atoms. The molecule has 1 aliphatic rings. The van der Waals surface area contributed by atoms with Gasteiger partial charge in [-0.3, -0.25) is 4.79 Å². The van der Waals surface area contributed by atoms with Crippen LogP contribution in [0.4, 0.5) is 0 Å². The van der Waals surface area contributed by atoms with Crippen molar-refractivity contribution >= 4 is 16.9 Å². The molecule has 0 bridgehead atoms. The van der Waals surface area contributed by atoms with Gasteiger partial charge in [-0.1, -0.05) is 62.1 Å². The summed E-state index contributed by atoms with van der Waals surface area (Å²) < 4.78 is 11.8. The van der Waals surface area contributed by atoms with E-state index >= 15 is 0 Å². The van der Waals surface area contributed by atoms with E-state index in [-0.39, 0.29) is 11.9 Å². The lowest BCUT2D eigenvalue weighted by Gasteiger charge is -2.15. The molecular weight excluding hydrogens is 338 g/mol. The van der Waals surface area contributed by atoms with Gasteiger partial charge < -0.3 is 14.5 Å². The van der Waals surface area contributed by atoms with E-state index in [2.05, 4.69) is 5.32 Å². The molecule has 4 rings (SSSR count). The molecule has 1 N–H and O–H groups in total. The van der Waals surface area contributed by atoms with Gasteiger partial charge >= 0.3 is 0 Å². The van der Waals surface area contributed by atoms with Crippen molar-refractivity contribution in [3.05, 3.63) is 65.9 Å². The number of rotatable bonds is 5. The topological polar surface area (TPSA) is 51.5 Å². The van der Waals surface area contributed by atoms with Gasteiger partial charge in [0.2, 0.25) is 0 Å². The summed E-state index contributed by atoms with van der Waals surface area (Å²) in [5.41, 5.74) is 1.52. The fraction of sp³-hybridized carbons (Fsp3) is 0.348. The quantitative estimate of drug-likeness (QED) is 0.612. The van der Waals surface area contributed by atoms with Crippen molar-refractivity contribution < 1.29 is 13.9 Å². The lowest BCUT2D eigenvalue weighted by atomic mass is 10.1. The van der Waals surface area contributed by atoms with Crippen LogP contribution in [-0.4, -0.2) is 11.9 Å². The second-order valence-corrected chi connectivity index (χ2v) is 7.17. The Labute approximate surface area is 159 Å². The smallest absolute Gasteiger partial charge is 0.287 e. The van der Waals surface area contributed by atoms with Gasteiger partial charge in [0.15, 0.2) is 5.76 Å². The number of carbonyl (C=O) groups excluding carboxylic acids is 1. The number of benzene rings is 2. The number of furan rings is 1. The molecule has 140 valence electrons. The molecule has 1 amide bonds. The maximum Gasteiger partial charge on any atom is 0.287 e. The third kappa shape index (κ3) is 4.16. The van der Waals surface area contributed by atoms with E-state index in [1.54, 1.807) is 0 Å². The minimum Gasteiger partial charge on any atom is -0.489 e. The Morgan fingerprint density at radius 1 is 0.963 bits per heavy atom. The van der Waals surface area contributed by atoms with Gasteiger partial charge in [0.05, 0.1) is 0 Å². The second kappa shape index (κ2) is 8.30. The van der Waals surface area contributed by atoms with Crippen LogP contribution in [-0.2, 0) is 6.61 Å². The molecule has 1 fully saturated rings. The fourth-order valence-corrected chi connectivity index (χ4v) is 3.77. The summed E-state index contributed by atoms with van der Waals surface area (Å²) in [4.78, 5) is 13.0.